The zero-order valence-electron chi connectivity index (χ0n) is 11.5. The van der Waals surface area contributed by atoms with Crippen molar-refractivity contribution in [3.05, 3.63) is 60.2 Å². The number of likely N-dealkylation sites (N-methyl/N-ethyl adjacent to an activating group) is 1. The van der Waals surface area contributed by atoms with Crippen molar-refractivity contribution in [3.8, 4) is 5.75 Å². The van der Waals surface area contributed by atoms with Crippen LogP contribution in [0.4, 0.5) is 5.69 Å². The van der Waals surface area contributed by atoms with Gasteiger partial charge in [0.2, 0.25) is 0 Å². The Morgan fingerprint density at radius 3 is 2.45 bits per heavy atom. The zero-order chi connectivity index (χ0) is 14.4. The van der Waals surface area contributed by atoms with Gasteiger partial charge in [-0.25, -0.2) is 0 Å². The summed E-state index contributed by atoms with van der Waals surface area (Å²) in [6.07, 6.45) is 0. The Morgan fingerprint density at radius 1 is 1.10 bits per heavy atom. The van der Waals surface area contributed by atoms with Gasteiger partial charge in [-0.05, 0) is 17.7 Å². The minimum atomic E-state index is -0.0860. The lowest BCUT2D eigenvalue weighted by atomic mass is 10.2. The fourth-order valence-electron chi connectivity index (χ4n) is 1.81. The van der Waals surface area contributed by atoms with E-state index in [1.165, 1.54) is 0 Å². The summed E-state index contributed by atoms with van der Waals surface area (Å²) in [7, 11) is 1.76. The van der Waals surface area contributed by atoms with E-state index in [4.69, 9.17) is 10.5 Å². The molecule has 0 unspecified atom stereocenters. The first kappa shape index (κ1) is 13.9. The van der Waals surface area contributed by atoms with Gasteiger partial charge < -0.3 is 15.4 Å². The summed E-state index contributed by atoms with van der Waals surface area (Å²) in [5.74, 6) is 0.450. The molecule has 2 N–H and O–H groups in total. The SMILES string of the molecule is CN(Cc1ccccc1)C(=O)COc1ccccc1N. The maximum absolute atomic E-state index is 12.0. The Bertz CT molecular complexity index is 570. The van der Waals surface area contributed by atoms with Crippen molar-refractivity contribution in [3.63, 3.8) is 0 Å². The average Bonchev–Trinajstić information content (AvgIpc) is 2.47. The number of para-hydroxylation sites is 2. The first-order valence-corrected chi connectivity index (χ1v) is 6.42. The fraction of sp³-hybridized carbons (Fsp3) is 0.188. The number of benzene rings is 2. The number of nitrogens with zero attached hydrogens (tertiary/aromatic N) is 1. The molecule has 0 aliphatic rings. The summed E-state index contributed by atoms with van der Waals surface area (Å²) in [6.45, 7) is 0.546. The number of carbonyl (C=O) groups is 1. The summed E-state index contributed by atoms with van der Waals surface area (Å²) in [5, 5.41) is 0. The van der Waals surface area contributed by atoms with Crippen LogP contribution < -0.4 is 10.5 Å². The quantitative estimate of drug-likeness (QED) is 0.848. The Morgan fingerprint density at radius 2 is 1.75 bits per heavy atom. The number of hydrogen-bond donors (Lipinski definition) is 1. The summed E-state index contributed by atoms with van der Waals surface area (Å²) < 4.78 is 5.44. The summed E-state index contributed by atoms with van der Waals surface area (Å²) >= 11 is 0. The number of nitrogens with two attached hydrogens (primary N) is 1. The van der Waals surface area contributed by atoms with Crippen molar-refractivity contribution < 1.29 is 9.53 Å². The highest BCUT2D eigenvalue weighted by molar-refractivity contribution is 5.77. The second kappa shape index (κ2) is 6.61. The second-order valence-corrected chi connectivity index (χ2v) is 4.56. The number of hydrogen-bond acceptors (Lipinski definition) is 3. The lowest BCUT2D eigenvalue weighted by Crippen LogP contribution is -2.31. The van der Waals surface area contributed by atoms with Crippen molar-refractivity contribution in [1.82, 2.24) is 4.90 Å². The van der Waals surface area contributed by atoms with E-state index in [1.807, 2.05) is 42.5 Å². The fourth-order valence-corrected chi connectivity index (χ4v) is 1.81. The molecular formula is C16H18N2O2. The number of nitrogen functional groups attached to an aromatic ring is 1. The predicted octanol–water partition coefficient (Wildman–Crippen LogP) is 2.31. The second-order valence-electron chi connectivity index (χ2n) is 4.56. The Balaban J connectivity index is 1.87. The van der Waals surface area contributed by atoms with Gasteiger partial charge in [-0.15, -0.1) is 0 Å². The first-order chi connectivity index (χ1) is 9.66. The summed E-state index contributed by atoms with van der Waals surface area (Å²) in [5.41, 5.74) is 7.38. The van der Waals surface area contributed by atoms with E-state index in [0.717, 1.165) is 5.56 Å². The minimum absolute atomic E-state index is 0.0163. The molecule has 0 radical (unpaired) electrons. The highest BCUT2D eigenvalue weighted by atomic mass is 16.5. The molecule has 0 atom stereocenters. The van der Waals surface area contributed by atoms with Crippen LogP contribution in [0.15, 0.2) is 54.6 Å². The third-order valence-corrected chi connectivity index (χ3v) is 2.96. The van der Waals surface area contributed by atoms with Crippen LogP contribution in [0.5, 0.6) is 5.75 Å². The van der Waals surface area contributed by atoms with Crippen molar-refractivity contribution in [2.75, 3.05) is 19.4 Å². The molecule has 0 bridgehead atoms. The molecule has 1 amide bonds. The van der Waals surface area contributed by atoms with E-state index in [9.17, 15) is 4.79 Å². The molecule has 0 aromatic heterocycles. The highest BCUT2D eigenvalue weighted by Gasteiger charge is 2.10. The predicted molar refractivity (Wildman–Crippen MR) is 79.3 cm³/mol. The topological polar surface area (TPSA) is 55.6 Å². The van der Waals surface area contributed by atoms with Gasteiger partial charge in [-0.2, -0.15) is 0 Å². The molecule has 104 valence electrons. The highest BCUT2D eigenvalue weighted by Crippen LogP contribution is 2.19. The van der Waals surface area contributed by atoms with E-state index in [0.29, 0.717) is 18.0 Å². The van der Waals surface area contributed by atoms with Crippen molar-refractivity contribution in [1.29, 1.82) is 0 Å². The molecule has 0 aliphatic carbocycles. The van der Waals surface area contributed by atoms with Gasteiger partial charge in [-0.1, -0.05) is 42.5 Å². The van der Waals surface area contributed by atoms with Crippen LogP contribution in [0.3, 0.4) is 0 Å². The Hall–Kier alpha value is -2.49. The third kappa shape index (κ3) is 3.75. The Kier molecular flexibility index (Phi) is 4.60. The van der Waals surface area contributed by atoms with Gasteiger partial charge in [0.05, 0.1) is 5.69 Å². The average molecular weight is 270 g/mol. The van der Waals surface area contributed by atoms with E-state index in [1.54, 1.807) is 24.1 Å². The van der Waals surface area contributed by atoms with Gasteiger partial charge in [0.25, 0.3) is 5.91 Å². The van der Waals surface area contributed by atoms with Crippen LogP contribution >= 0.6 is 0 Å². The number of carbonyl (C=O) groups excluding carboxylic acids is 1. The Labute approximate surface area is 118 Å². The monoisotopic (exact) mass is 270 g/mol. The molecule has 2 aromatic rings. The largest absolute Gasteiger partial charge is 0.482 e. The number of rotatable bonds is 5. The van der Waals surface area contributed by atoms with Crippen LogP contribution in [-0.4, -0.2) is 24.5 Å². The molecule has 0 spiro atoms. The van der Waals surface area contributed by atoms with Gasteiger partial charge in [0.15, 0.2) is 6.61 Å². The van der Waals surface area contributed by atoms with Gasteiger partial charge in [-0.3, -0.25) is 4.79 Å². The van der Waals surface area contributed by atoms with Crippen LogP contribution in [0.1, 0.15) is 5.56 Å². The number of anilines is 1. The zero-order valence-corrected chi connectivity index (χ0v) is 11.5. The molecule has 4 heteroatoms. The first-order valence-electron chi connectivity index (χ1n) is 6.42. The molecule has 20 heavy (non-hydrogen) atoms. The van der Waals surface area contributed by atoms with Crippen LogP contribution in [0.25, 0.3) is 0 Å². The molecular weight excluding hydrogens is 252 g/mol. The van der Waals surface area contributed by atoms with Gasteiger partial charge in [0.1, 0.15) is 5.75 Å². The van der Waals surface area contributed by atoms with Crippen molar-refractivity contribution in [2.24, 2.45) is 0 Å². The van der Waals surface area contributed by atoms with Crippen LogP contribution in [0, 0.1) is 0 Å². The standard InChI is InChI=1S/C16H18N2O2/c1-18(11-13-7-3-2-4-8-13)16(19)12-20-15-10-6-5-9-14(15)17/h2-10H,11-12,17H2,1H3. The maximum atomic E-state index is 12.0. The van der Waals surface area contributed by atoms with E-state index in [2.05, 4.69) is 0 Å². The molecule has 0 aliphatic heterocycles. The molecule has 2 aromatic carbocycles. The number of amides is 1. The lowest BCUT2D eigenvalue weighted by molar-refractivity contribution is -0.132. The van der Waals surface area contributed by atoms with Gasteiger partial charge in [0, 0.05) is 13.6 Å². The maximum Gasteiger partial charge on any atom is 0.260 e. The molecule has 0 saturated heterocycles. The van der Waals surface area contributed by atoms with E-state index >= 15 is 0 Å². The molecule has 2 rings (SSSR count). The van der Waals surface area contributed by atoms with Gasteiger partial charge >= 0.3 is 0 Å². The third-order valence-electron chi connectivity index (χ3n) is 2.96. The van der Waals surface area contributed by atoms with Crippen molar-refractivity contribution >= 4 is 11.6 Å². The summed E-state index contributed by atoms with van der Waals surface area (Å²) in [4.78, 5) is 13.6. The number of ether oxygens (including phenoxy) is 1. The lowest BCUT2D eigenvalue weighted by Gasteiger charge is -2.18. The van der Waals surface area contributed by atoms with Crippen LogP contribution in [-0.2, 0) is 11.3 Å². The molecule has 0 fully saturated rings. The van der Waals surface area contributed by atoms with Crippen molar-refractivity contribution in [2.45, 2.75) is 6.54 Å². The minimum Gasteiger partial charge on any atom is -0.482 e. The molecule has 0 saturated carbocycles. The van der Waals surface area contributed by atoms with E-state index < -0.39 is 0 Å². The van der Waals surface area contributed by atoms with Crippen LogP contribution in [0.2, 0.25) is 0 Å². The molecule has 4 nitrogen and oxygen atoms in total. The normalized spacial score (nSPS) is 10.1. The smallest absolute Gasteiger partial charge is 0.260 e. The molecule has 0 heterocycles. The summed E-state index contributed by atoms with van der Waals surface area (Å²) in [6, 6.07) is 17.0. The van der Waals surface area contributed by atoms with E-state index in [-0.39, 0.29) is 12.5 Å².